The van der Waals surface area contributed by atoms with E-state index in [1.165, 1.54) is 7.11 Å². The Morgan fingerprint density at radius 3 is 2.22 bits per heavy atom. The molecular formula is C41H62O8. The summed E-state index contributed by atoms with van der Waals surface area (Å²) in [6.07, 6.45) is 9.50. The van der Waals surface area contributed by atoms with Gasteiger partial charge in [-0.3, -0.25) is 19.2 Å². The number of aliphatic hydroxyl groups is 2. The number of ketones is 3. The zero-order chi connectivity index (χ0) is 36.5. The third-order valence-corrected chi connectivity index (χ3v) is 12.4. The van der Waals surface area contributed by atoms with Crippen molar-refractivity contribution in [1.82, 2.24) is 0 Å². The Balaban J connectivity index is 1.97. The van der Waals surface area contributed by atoms with E-state index in [0.717, 1.165) is 36.0 Å². The van der Waals surface area contributed by atoms with E-state index in [9.17, 15) is 29.4 Å². The summed E-state index contributed by atoms with van der Waals surface area (Å²) in [7, 11) is 1.31. The number of esters is 1. The molecule has 8 nitrogen and oxygen atoms in total. The van der Waals surface area contributed by atoms with Crippen molar-refractivity contribution in [3.8, 4) is 0 Å². The Bertz CT molecular complexity index is 1360. The smallest absolute Gasteiger partial charge is 0.314 e. The predicted molar refractivity (Wildman–Crippen MR) is 189 cm³/mol. The van der Waals surface area contributed by atoms with Crippen LogP contribution in [0.5, 0.6) is 0 Å². The molecule has 2 heterocycles. The van der Waals surface area contributed by atoms with Gasteiger partial charge in [0.15, 0.2) is 0 Å². The second kappa shape index (κ2) is 15.4. The van der Waals surface area contributed by atoms with E-state index in [-0.39, 0.29) is 60.8 Å². The molecule has 0 unspecified atom stereocenters. The van der Waals surface area contributed by atoms with Gasteiger partial charge < -0.3 is 19.7 Å². The maximum atomic E-state index is 14.6. The van der Waals surface area contributed by atoms with Crippen LogP contribution >= 0.6 is 0 Å². The van der Waals surface area contributed by atoms with Crippen molar-refractivity contribution < 1.29 is 38.9 Å². The number of Topliss-reactive ketones (excluding diaryl/α,β-unsaturated/α-hetero) is 3. The number of ether oxygens (including phenoxy) is 2. The van der Waals surface area contributed by atoms with Gasteiger partial charge in [0.2, 0.25) is 0 Å². The van der Waals surface area contributed by atoms with E-state index in [2.05, 4.69) is 0 Å². The van der Waals surface area contributed by atoms with Gasteiger partial charge in [-0.2, -0.15) is 0 Å². The number of methoxy groups -OCH3 is 1. The van der Waals surface area contributed by atoms with Crippen LogP contribution in [0.2, 0.25) is 0 Å². The van der Waals surface area contributed by atoms with E-state index in [0.29, 0.717) is 25.7 Å². The molecule has 2 bridgehead atoms. The van der Waals surface area contributed by atoms with Crippen molar-refractivity contribution in [3.63, 3.8) is 0 Å². The number of rotatable bonds is 2. The van der Waals surface area contributed by atoms with Crippen LogP contribution in [0.4, 0.5) is 0 Å². The van der Waals surface area contributed by atoms with Gasteiger partial charge in [-0.15, -0.1) is 0 Å². The lowest BCUT2D eigenvalue weighted by molar-refractivity contribution is -0.214. The maximum absolute atomic E-state index is 14.6. The second-order valence-corrected chi connectivity index (χ2v) is 16.9. The number of allylic oxidation sites excluding steroid dienone is 5. The van der Waals surface area contributed by atoms with Gasteiger partial charge in [-0.1, -0.05) is 69.9 Å². The minimum absolute atomic E-state index is 0.0359. The summed E-state index contributed by atoms with van der Waals surface area (Å²) in [5.41, 5.74) is -1.36. The van der Waals surface area contributed by atoms with E-state index in [4.69, 9.17) is 9.47 Å². The maximum Gasteiger partial charge on any atom is 0.314 e. The largest absolute Gasteiger partial charge is 0.469 e. The van der Waals surface area contributed by atoms with Gasteiger partial charge in [0.05, 0.1) is 41.9 Å². The summed E-state index contributed by atoms with van der Waals surface area (Å²) >= 11 is 0. The standard InChI is InChI=1S/C41H62O8/c1-24(2)30-22-33(42)27(5)12-10-11-25(3)20-34(43)32-21-28(6)29-15-17-39(7,46)37-16-18-40(8,47)36(49-37)14-13-26(4)19-31(29)41(32,23-35(30)44)38(45)48-9/h15,19,21,24-25,27,30-32,36-37,46-47H,10-14,16-18,20,22-23H2,1-9H3/t25-,27+,30-,31-,32+,36-,37-,39-,40+,41-/m1/s1. The molecule has 2 aliphatic carbocycles. The van der Waals surface area contributed by atoms with Gasteiger partial charge >= 0.3 is 5.97 Å². The van der Waals surface area contributed by atoms with Gasteiger partial charge in [0.1, 0.15) is 17.3 Å². The second-order valence-electron chi connectivity index (χ2n) is 16.9. The molecule has 2 aliphatic heterocycles. The Morgan fingerprint density at radius 2 is 1.57 bits per heavy atom. The molecule has 2 N–H and O–H groups in total. The van der Waals surface area contributed by atoms with Crippen LogP contribution in [-0.2, 0) is 28.7 Å². The summed E-state index contributed by atoms with van der Waals surface area (Å²) in [4.78, 5) is 57.2. The first kappa shape index (κ1) is 39.4. The summed E-state index contributed by atoms with van der Waals surface area (Å²) < 4.78 is 12.0. The number of hydrogen-bond donors (Lipinski definition) is 2. The third kappa shape index (κ3) is 8.39. The highest BCUT2D eigenvalue weighted by Gasteiger charge is 2.58. The third-order valence-electron chi connectivity index (χ3n) is 12.4. The van der Waals surface area contributed by atoms with E-state index < -0.39 is 52.5 Å². The molecule has 274 valence electrons. The fourth-order valence-electron chi connectivity index (χ4n) is 8.93. The number of hydrogen-bond acceptors (Lipinski definition) is 8. The number of carbonyl (C=O) groups is 4. The first-order chi connectivity index (χ1) is 22.8. The van der Waals surface area contributed by atoms with Crippen LogP contribution in [-0.4, -0.2) is 64.1 Å². The number of carbonyl (C=O) groups excluding carboxylic acids is 4. The van der Waals surface area contributed by atoms with Gasteiger partial charge in [-0.25, -0.2) is 0 Å². The topological polar surface area (TPSA) is 127 Å². The average Bonchev–Trinajstić information content (AvgIpc) is 3.01. The summed E-state index contributed by atoms with van der Waals surface area (Å²) in [6, 6.07) is 0. The molecule has 0 amide bonds. The lowest BCUT2D eigenvalue weighted by atomic mass is 9.54. The van der Waals surface area contributed by atoms with E-state index in [1.54, 1.807) is 13.8 Å². The fourth-order valence-corrected chi connectivity index (χ4v) is 8.93. The summed E-state index contributed by atoms with van der Waals surface area (Å²) in [5, 5.41) is 23.1. The quantitative estimate of drug-likeness (QED) is 0.234. The summed E-state index contributed by atoms with van der Waals surface area (Å²) in [6.45, 7) is 15.3. The highest BCUT2D eigenvalue weighted by Crippen LogP contribution is 2.54. The molecule has 4 aliphatic rings. The highest BCUT2D eigenvalue weighted by atomic mass is 16.5. The molecule has 2 fully saturated rings. The number of fused-ring (bicyclic) bond motifs is 5. The molecule has 0 aromatic carbocycles. The fraction of sp³-hybridized carbons (Fsp3) is 0.756. The Morgan fingerprint density at radius 1 is 0.898 bits per heavy atom. The van der Waals surface area contributed by atoms with Crippen LogP contribution in [0.3, 0.4) is 0 Å². The molecule has 0 aromatic rings. The molecule has 0 aromatic heterocycles. The minimum Gasteiger partial charge on any atom is -0.469 e. The first-order valence-electron chi connectivity index (χ1n) is 18.7. The van der Waals surface area contributed by atoms with Crippen molar-refractivity contribution in [2.75, 3.05) is 7.11 Å². The first-order valence-corrected chi connectivity index (χ1v) is 18.7. The van der Waals surface area contributed by atoms with Crippen molar-refractivity contribution in [2.45, 2.75) is 149 Å². The monoisotopic (exact) mass is 682 g/mol. The van der Waals surface area contributed by atoms with Crippen molar-refractivity contribution in [3.05, 3.63) is 34.9 Å². The predicted octanol–water partition coefficient (Wildman–Crippen LogP) is 7.05. The van der Waals surface area contributed by atoms with Gasteiger partial charge in [0.25, 0.3) is 0 Å². The molecule has 0 radical (unpaired) electrons. The average molecular weight is 683 g/mol. The molecule has 0 spiro atoms. The minimum atomic E-state index is -1.59. The summed E-state index contributed by atoms with van der Waals surface area (Å²) in [5.74, 6) is -3.38. The normalized spacial score (nSPS) is 40.4. The highest BCUT2D eigenvalue weighted by molar-refractivity contribution is 5.98. The molecular weight excluding hydrogens is 620 g/mol. The van der Waals surface area contributed by atoms with Crippen molar-refractivity contribution in [2.24, 2.45) is 40.9 Å². The van der Waals surface area contributed by atoms with Crippen molar-refractivity contribution in [1.29, 1.82) is 0 Å². The van der Waals surface area contributed by atoms with Crippen LogP contribution < -0.4 is 0 Å². The molecule has 4 rings (SSSR count). The van der Waals surface area contributed by atoms with Gasteiger partial charge in [0, 0.05) is 37.0 Å². The SMILES string of the molecule is COC(=O)[C@@]12CC(=O)[C@@H](C(C)C)CC(=O)[C@@H](C)CCC[C@@H](C)CC(=O)[C@@H]1C=C(C)C1=CC[C@@](C)(O)[C@H]3CC[C@](C)(O)[C@@H](CCC(C)=C[C@H]12)O3. The molecule has 8 heteroatoms. The van der Waals surface area contributed by atoms with E-state index in [1.807, 2.05) is 59.8 Å². The molecule has 1 saturated carbocycles. The molecule has 1 saturated heterocycles. The lowest BCUT2D eigenvalue weighted by Gasteiger charge is -2.48. The van der Waals surface area contributed by atoms with Crippen LogP contribution in [0, 0.1) is 40.9 Å². The van der Waals surface area contributed by atoms with E-state index >= 15 is 0 Å². The Hall–Kier alpha value is -2.42. The Kier molecular flexibility index (Phi) is 12.4. The lowest BCUT2D eigenvalue weighted by Crippen LogP contribution is -2.54. The zero-order valence-electron chi connectivity index (χ0n) is 31.5. The van der Waals surface area contributed by atoms with Crippen LogP contribution in [0.1, 0.15) is 126 Å². The van der Waals surface area contributed by atoms with Gasteiger partial charge in [-0.05, 0) is 83.6 Å². The Labute approximate surface area is 294 Å². The molecule has 49 heavy (non-hydrogen) atoms. The van der Waals surface area contributed by atoms with Crippen LogP contribution in [0.25, 0.3) is 0 Å². The molecule has 10 atom stereocenters. The zero-order valence-corrected chi connectivity index (χ0v) is 31.5. The van der Waals surface area contributed by atoms with Crippen molar-refractivity contribution >= 4 is 23.3 Å². The van der Waals surface area contributed by atoms with Crippen LogP contribution in [0.15, 0.2) is 34.9 Å².